The maximum Gasteiger partial charge on any atom is 0.392 e. The van der Waals surface area contributed by atoms with E-state index in [9.17, 15) is 22.0 Å². The SMILES string of the molecule is F[C@H]1[C@H](F)OC(F)(F)[C@@H]1F. The lowest BCUT2D eigenvalue weighted by atomic mass is 10.3. The highest BCUT2D eigenvalue weighted by molar-refractivity contribution is 4.85. The number of ether oxygens (including phenoxy) is 1. The monoisotopic (exact) mass is 162 g/mol. The zero-order valence-electron chi connectivity index (χ0n) is 4.53. The number of halogens is 5. The van der Waals surface area contributed by atoms with Gasteiger partial charge < -0.3 is 0 Å². The lowest BCUT2D eigenvalue weighted by molar-refractivity contribution is -0.264. The van der Waals surface area contributed by atoms with E-state index in [0.29, 0.717) is 0 Å². The molecule has 0 aliphatic carbocycles. The molecule has 10 heavy (non-hydrogen) atoms. The Kier molecular flexibility index (Phi) is 1.58. The highest BCUT2D eigenvalue weighted by atomic mass is 19.3. The van der Waals surface area contributed by atoms with Gasteiger partial charge in [0, 0.05) is 0 Å². The van der Waals surface area contributed by atoms with Gasteiger partial charge in [-0.1, -0.05) is 0 Å². The highest BCUT2D eigenvalue weighted by Gasteiger charge is 2.59. The normalized spacial score (nSPS) is 45.9. The van der Waals surface area contributed by atoms with E-state index in [1.54, 1.807) is 0 Å². The van der Waals surface area contributed by atoms with E-state index in [-0.39, 0.29) is 0 Å². The summed E-state index contributed by atoms with van der Waals surface area (Å²) in [5.74, 6) is 0. The summed E-state index contributed by atoms with van der Waals surface area (Å²) in [6.45, 7) is 0. The van der Waals surface area contributed by atoms with Crippen LogP contribution in [0.15, 0.2) is 0 Å². The molecule has 60 valence electrons. The first-order valence-electron chi connectivity index (χ1n) is 2.43. The summed E-state index contributed by atoms with van der Waals surface area (Å²) in [4.78, 5) is 0. The predicted octanol–water partition coefficient (Wildman–Crippen LogP) is 1.58. The Hall–Kier alpha value is -0.390. The predicted molar refractivity (Wildman–Crippen MR) is 20.7 cm³/mol. The maximum absolute atomic E-state index is 11.9. The van der Waals surface area contributed by atoms with E-state index in [4.69, 9.17) is 0 Å². The molecule has 0 aromatic heterocycles. The molecular weight excluding hydrogens is 159 g/mol. The molecule has 1 saturated heterocycles. The van der Waals surface area contributed by atoms with Gasteiger partial charge in [-0.15, -0.1) is 0 Å². The Morgan fingerprint density at radius 2 is 1.60 bits per heavy atom. The topological polar surface area (TPSA) is 9.23 Å². The Bertz CT molecular complexity index is 138. The van der Waals surface area contributed by atoms with Crippen molar-refractivity contribution in [3.63, 3.8) is 0 Å². The Morgan fingerprint density at radius 3 is 1.70 bits per heavy atom. The minimum Gasteiger partial charge on any atom is -0.280 e. The molecule has 0 unspecified atom stereocenters. The van der Waals surface area contributed by atoms with Crippen molar-refractivity contribution in [2.45, 2.75) is 24.8 Å². The van der Waals surface area contributed by atoms with Gasteiger partial charge in [0.2, 0.25) is 12.5 Å². The smallest absolute Gasteiger partial charge is 0.280 e. The molecule has 1 nitrogen and oxygen atoms in total. The first-order valence-corrected chi connectivity index (χ1v) is 2.43. The summed E-state index contributed by atoms with van der Waals surface area (Å²) in [7, 11) is 0. The molecule has 0 N–H and O–H groups in total. The Labute approximate surface area is 52.8 Å². The molecule has 0 radical (unpaired) electrons. The highest BCUT2D eigenvalue weighted by Crippen LogP contribution is 2.38. The Morgan fingerprint density at radius 1 is 1.10 bits per heavy atom. The zero-order valence-corrected chi connectivity index (χ0v) is 4.53. The number of rotatable bonds is 0. The third kappa shape index (κ3) is 0.960. The van der Waals surface area contributed by atoms with Gasteiger partial charge in [-0.05, 0) is 0 Å². The van der Waals surface area contributed by atoms with Crippen molar-refractivity contribution in [3.8, 4) is 0 Å². The van der Waals surface area contributed by atoms with Gasteiger partial charge in [0.15, 0.2) is 6.17 Å². The summed E-state index contributed by atoms with van der Waals surface area (Å²) in [5, 5.41) is 0. The standard InChI is InChI=1S/C4H3F5O/c5-1-2(6)4(8,9)10-3(1)7/h1-3H/t1-,2-,3-/m1/s1. The summed E-state index contributed by atoms with van der Waals surface area (Å²) in [5.41, 5.74) is 0. The van der Waals surface area contributed by atoms with Gasteiger partial charge in [-0.25, -0.2) is 13.2 Å². The molecule has 6 heteroatoms. The van der Waals surface area contributed by atoms with Crippen molar-refractivity contribution in [1.29, 1.82) is 0 Å². The molecule has 0 saturated carbocycles. The molecule has 1 aliphatic rings. The van der Waals surface area contributed by atoms with Crippen molar-refractivity contribution in [3.05, 3.63) is 0 Å². The number of hydrogen-bond donors (Lipinski definition) is 0. The van der Waals surface area contributed by atoms with Crippen LogP contribution < -0.4 is 0 Å². The molecule has 0 amide bonds. The van der Waals surface area contributed by atoms with E-state index >= 15 is 0 Å². The van der Waals surface area contributed by atoms with Gasteiger partial charge in [0.25, 0.3) is 0 Å². The second-order valence-corrected chi connectivity index (χ2v) is 1.88. The van der Waals surface area contributed by atoms with Crippen molar-refractivity contribution in [2.75, 3.05) is 0 Å². The van der Waals surface area contributed by atoms with Crippen molar-refractivity contribution in [2.24, 2.45) is 0 Å². The minimum absolute atomic E-state index is 2.86. The van der Waals surface area contributed by atoms with Crippen LogP contribution in [-0.2, 0) is 4.74 Å². The average molecular weight is 162 g/mol. The number of hydrogen-bond acceptors (Lipinski definition) is 1. The van der Waals surface area contributed by atoms with Gasteiger partial charge in [0.1, 0.15) is 0 Å². The third-order valence-corrected chi connectivity index (χ3v) is 1.12. The van der Waals surface area contributed by atoms with E-state index in [2.05, 4.69) is 4.74 Å². The van der Waals surface area contributed by atoms with Gasteiger partial charge >= 0.3 is 6.11 Å². The van der Waals surface area contributed by atoms with Crippen LogP contribution in [0.4, 0.5) is 22.0 Å². The van der Waals surface area contributed by atoms with Gasteiger partial charge in [0.05, 0.1) is 0 Å². The molecule has 3 atom stereocenters. The first-order chi connectivity index (χ1) is 4.45. The lowest BCUT2D eigenvalue weighted by Crippen LogP contribution is -2.29. The van der Waals surface area contributed by atoms with Crippen LogP contribution in [0.5, 0.6) is 0 Å². The van der Waals surface area contributed by atoms with Crippen LogP contribution in [0.25, 0.3) is 0 Å². The molecule has 0 aromatic rings. The quantitative estimate of drug-likeness (QED) is 0.491. The second kappa shape index (κ2) is 2.05. The second-order valence-electron chi connectivity index (χ2n) is 1.88. The van der Waals surface area contributed by atoms with Gasteiger partial charge in [-0.2, -0.15) is 8.78 Å². The van der Waals surface area contributed by atoms with Crippen LogP contribution in [0, 0.1) is 0 Å². The average Bonchev–Trinajstić information content (AvgIpc) is 1.95. The van der Waals surface area contributed by atoms with Gasteiger partial charge in [-0.3, -0.25) is 4.74 Å². The van der Waals surface area contributed by atoms with Crippen LogP contribution in [-0.4, -0.2) is 24.8 Å². The summed E-state index contributed by atoms with van der Waals surface area (Å²) < 4.78 is 62.0. The summed E-state index contributed by atoms with van der Waals surface area (Å²) in [6.07, 6.45) is -13.2. The minimum atomic E-state index is -4.32. The fourth-order valence-corrected chi connectivity index (χ4v) is 0.598. The fraction of sp³-hybridized carbons (Fsp3) is 1.00. The van der Waals surface area contributed by atoms with E-state index in [1.807, 2.05) is 0 Å². The summed E-state index contributed by atoms with van der Waals surface area (Å²) >= 11 is 0. The first kappa shape index (κ1) is 7.71. The summed E-state index contributed by atoms with van der Waals surface area (Å²) in [6, 6.07) is 0. The van der Waals surface area contributed by atoms with Crippen LogP contribution in [0.3, 0.4) is 0 Å². The van der Waals surface area contributed by atoms with Crippen LogP contribution >= 0.6 is 0 Å². The van der Waals surface area contributed by atoms with E-state index in [0.717, 1.165) is 0 Å². The largest absolute Gasteiger partial charge is 0.392 e. The molecular formula is C4H3F5O. The molecule has 0 spiro atoms. The number of alkyl halides is 5. The molecule has 1 aliphatic heterocycles. The van der Waals surface area contributed by atoms with E-state index in [1.165, 1.54) is 0 Å². The Balaban J connectivity index is 2.71. The van der Waals surface area contributed by atoms with Crippen LogP contribution in [0.1, 0.15) is 0 Å². The molecule has 0 bridgehead atoms. The van der Waals surface area contributed by atoms with Crippen molar-refractivity contribution >= 4 is 0 Å². The van der Waals surface area contributed by atoms with Crippen molar-refractivity contribution < 1.29 is 26.7 Å². The van der Waals surface area contributed by atoms with Crippen molar-refractivity contribution in [1.82, 2.24) is 0 Å². The third-order valence-electron chi connectivity index (χ3n) is 1.12. The molecule has 1 rings (SSSR count). The fourth-order valence-electron chi connectivity index (χ4n) is 0.598. The molecule has 1 fully saturated rings. The zero-order chi connectivity index (χ0) is 7.94. The lowest BCUT2D eigenvalue weighted by Gasteiger charge is -2.07. The molecule has 1 heterocycles. The van der Waals surface area contributed by atoms with Crippen LogP contribution in [0.2, 0.25) is 0 Å². The van der Waals surface area contributed by atoms with E-state index < -0.39 is 24.8 Å². The molecule has 0 aromatic carbocycles. The maximum atomic E-state index is 11.9.